The van der Waals surface area contributed by atoms with Gasteiger partial charge >= 0.3 is 5.76 Å². The number of halogens is 2. The molecule has 118 valence electrons. The maximum Gasteiger partial charge on any atom is 0.341 e. The Morgan fingerprint density at radius 3 is 2.29 bits per heavy atom. The highest BCUT2D eigenvalue weighted by Crippen LogP contribution is 2.18. The molecule has 8 heteroatoms. The van der Waals surface area contributed by atoms with Crippen LogP contribution in [-0.2, 0) is 9.84 Å². The van der Waals surface area contributed by atoms with E-state index in [4.69, 9.17) is 0 Å². The van der Waals surface area contributed by atoms with Gasteiger partial charge in [-0.3, -0.25) is 4.79 Å². The highest BCUT2D eigenvalue weighted by molar-refractivity contribution is 7.91. The molecular formula is C13H18F2N2O3S. The van der Waals surface area contributed by atoms with Crippen molar-refractivity contribution >= 4 is 15.7 Å². The molecule has 0 fully saturated rings. The summed E-state index contributed by atoms with van der Waals surface area (Å²) in [5.41, 5.74) is 0.215. The molecule has 1 rings (SSSR count). The minimum atomic E-state index is -4.63. The molecule has 0 aromatic heterocycles. The first-order chi connectivity index (χ1) is 9.78. The van der Waals surface area contributed by atoms with Crippen LogP contribution in [0.15, 0.2) is 29.2 Å². The number of carbonyl (C=O) groups is 1. The number of amides is 1. The molecule has 0 aliphatic rings. The van der Waals surface area contributed by atoms with Gasteiger partial charge in [0.1, 0.15) is 0 Å². The van der Waals surface area contributed by atoms with E-state index in [1.165, 1.54) is 12.1 Å². The normalized spacial score (nSPS) is 13.2. The Morgan fingerprint density at radius 1 is 1.24 bits per heavy atom. The van der Waals surface area contributed by atoms with E-state index in [1.807, 2.05) is 13.8 Å². The van der Waals surface area contributed by atoms with Gasteiger partial charge in [0.05, 0.1) is 4.90 Å². The smallest absolute Gasteiger partial charge is 0.341 e. The number of nitrogens with one attached hydrogen (secondary N) is 2. The predicted molar refractivity (Wildman–Crippen MR) is 75.1 cm³/mol. The van der Waals surface area contributed by atoms with Gasteiger partial charge < -0.3 is 10.6 Å². The molecule has 1 aromatic rings. The summed E-state index contributed by atoms with van der Waals surface area (Å²) in [6.07, 6.45) is 0. The molecule has 5 nitrogen and oxygen atoms in total. The second kappa shape index (κ2) is 7.46. The number of sulfone groups is 1. The molecule has 1 amide bonds. The van der Waals surface area contributed by atoms with Crippen molar-refractivity contribution in [2.24, 2.45) is 0 Å². The first kappa shape index (κ1) is 17.5. The van der Waals surface area contributed by atoms with Gasteiger partial charge in [0, 0.05) is 18.2 Å². The van der Waals surface area contributed by atoms with E-state index >= 15 is 0 Å². The highest BCUT2D eigenvalue weighted by Gasteiger charge is 2.26. The van der Waals surface area contributed by atoms with Crippen LogP contribution in [0.5, 0.6) is 0 Å². The number of carbonyl (C=O) groups excluding carboxylic acids is 1. The van der Waals surface area contributed by atoms with E-state index in [2.05, 4.69) is 10.6 Å². The molecule has 1 atom stereocenters. The molecule has 0 heterocycles. The minimum absolute atomic E-state index is 0.0948. The monoisotopic (exact) mass is 320 g/mol. The summed E-state index contributed by atoms with van der Waals surface area (Å²) in [6.45, 7) is 5.03. The molecule has 0 radical (unpaired) electrons. The molecule has 0 unspecified atom stereocenters. The molecule has 0 spiro atoms. The third-order valence-electron chi connectivity index (χ3n) is 2.80. The average molecular weight is 320 g/mol. The van der Waals surface area contributed by atoms with Crippen LogP contribution in [0.4, 0.5) is 8.78 Å². The van der Waals surface area contributed by atoms with Gasteiger partial charge in [-0.1, -0.05) is 6.92 Å². The fourth-order valence-corrected chi connectivity index (χ4v) is 2.39. The highest BCUT2D eigenvalue weighted by atomic mass is 32.2. The minimum Gasteiger partial charge on any atom is -0.350 e. The summed E-state index contributed by atoms with van der Waals surface area (Å²) in [6, 6.07) is 4.52. The van der Waals surface area contributed by atoms with E-state index in [1.54, 1.807) is 0 Å². The van der Waals surface area contributed by atoms with Crippen LogP contribution < -0.4 is 10.6 Å². The second-order valence-electron chi connectivity index (χ2n) is 4.50. The van der Waals surface area contributed by atoms with Crippen LogP contribution in [0.2, 0.25) is 0 Å². The number of alkyl halides is 2. The van der Waals surface area contributed by atoms with Crippen molar-refractivity contribution in [1.29, 1.82) is 0 Å². The van der Waals surface area contributed by atoms with Gasteiger partial charge in [-0.15, -0.1) is 0 Å². The molecule has 0 saturated carbocycles. The quantitative estimate of drug-likeness (QED) is 0.796. The van der Waals surface area contributed by atoms with Crippen LogP contribution in [-0.4, -0.2) is 39.2 Å². The molecule has 0 aliphatic carbocycles. The van der Waals surface area contributed by atoms with Crippen molar-refractivity contribution in [3.63, 3.8) is 0 Å². The maximum absolute atomic E-state index is 12.4. The zero-order valence-electron chi connectivity index (χ0n) is 11.8. The Bertz CT molecular complexity index is 574. The van der Waals surface area contributed by atoms with Crippen molar-refractivity contribution < 1.29 is 22.0 Å². The lowest BCUT2D eigenvalue weighted by molar-refractivity contribution is 0.0950. The lowest BCUT2D eigenvalue weighted by Gasteiger charge is -2.13. The summed E-state index contributed by atoms with van der Waals surface area (Å²) in [5.74, 6) is -3.86. The number of rotatable bonds is 7. The lowest BCUT2D eigenvalue weighted by Crippen LogP contribution is -2.38. The first-order valence-electron chi connectivity index (χ1n) is 6.42. The zero-order valence-corrected chi connectivity index (χ0v) is 12.6. The molecule has 1 aromatic carbocycles. The number of benzene rings is 1. The van der Waals surface area contributed by atoms with Gasteiger partial charge in [-0.25, -0.2) is 8.42 Å². The van der Waals surface area contributed by atoms with Gasteiger partial charge in [0.2, 0.25) is 9.84 Å². The fraction of sp³-hybridized carbons (Fsp3) is 0.462. The van der Waals surface area contributed by atoms with Crippen molar-refractivity contribution in [2.45, 2.75) is 30.5 Å². The molecule has 0 aliphatic heterocycles. The van der Waals surface area contributed by atoms with Gasteiger partial charge in [0.15, 0.2) is 0 Å². The van der Waals surface area contributed by atoms with Crippen molar-refractivity contribution in [3.8, 4) is 0 Å². The van der Waals surface area contributed by atoms with E-state index in [0.29, 0.717) is 6.54 Å². The van der Waals surface area contributed by atoms with Crippen LogP contribution in [0.3, 0.4) is 0 Å². The van der Waals surface area contributed by atoms with E-state index in [0.717, 1.165) is 18.7 Å². The summed E-state index contributed by atoms with van der Waals surface area (Å²) in [5, 5.41) is 5.78. The molecule has 0 saturated heterocycles. The Morgan fingerprint density at radius 2 is 1.81 bits per heavy atom. The van der Waals surface area contributed by atoms with Crippen LogP contribution in [0.1, 0.15) is 24.2 Å². The maximum atomic E-state index is 12.4. The Balaban J connectivity index is 2.72. The largest absolute Gasteiger partial charge is 0.350 e. The van der Waals surface area contributed by atoms with Crippen molar-refractivity contribution in [3.05, 3.63) is 29.8 Å². The predicted octanol–water partition coefficient (Wildman–Crippen LogP) is 1.41. The number of hydrogen-bond acceptors (Lipinski definition) is 4. The number of likely N-dealkylation sites (N-methyl/N-ethyl adjacent to an activating group) is 1. The van der Waals surface area contributed by atoms with Crippen molar-refractivity contribution in [1.82, 2.24) is 10.6 Å². The van der Waals surface area contributed by atoms with E-state index < -0.39 is 20.5 Å². The van der Waals surface area contributed by atoms with Crippen molar-refractivity contribution in [2.75, 3.05) is 13.1 Å². The van der Waals surface area contributed by atoms with Gasteiger partial charge in [-0.05, 0) is 37.7 Å². The van der Waals surface area contributed by atoms with E-state index in [-0.39, 0.29) is 17.5 Å². The second-order valence-corrected chi connectivity index (χ2v) is 6.42. The lowest BCUT2D eigenvalue weighted by atomic mass is 10.2. The summed E-state index contributed by atoms with van der Waals surface area (Å²) < 4.78 is 47.2. The first-order valence-corrected chi connectivity index (χ1v) is 7.97. The fourth-order valence-electron chi connectivity index (χ4n) is 1.67. The number of hydrogen-bond donors (Lipinski definition) is 2. The third kappa shape index (κ3) is 4.75. The average Bonchev–Trinajstić information content (AvgIpc) is 2.45. The summed E-state index contributed by atoms with van der Waals surface area (Å²) in [4.78, 5) is 11.3. The molecule has 2 N–H and O–H groups in total. The summed E-state index contributed by atoms with van der Waals surface area (Å²) in [7, 11) is -4.63. The summed E-state index contributed by atoms with van der Waals surface area (Å²) >= 11 is 0. The third-order valence-corrected chi connectivity index (χ3v) is 4.20. The van der Waals surface area contributed by atoms with Gasteiger partial charge in [-0.2, -0.15) is 8.78 Å². The Hall–Kier alpha value is -1.54. The SMILES string of the molecule is CCN[C@H](C)CNC(=O)c1ccc(S(=O)(=O)C(F)F)cc1. The van der Waals surface area contributed by atoms with Crippen LogP contribution >= 0.6 is 0 Å². The topological polar surface area (TPSA) is 75.3 Å². The van der Waals surface area contributed by atoms with Gasteiger partial charge in [0.25, 0.3) is 5.91 Å². The van der Waals surface area contributed by atoms with Crippen LogP contribution in [0, 0.1) is 0 Å². The van der Waals surface area contributed by atoms with Crippen LogP contribution in [0.25, 0.3) is 0 Å². The Kier molecular flexibility index (Phi) is 6.22. The molecule has 0 bridgehead atoms. The molecular weight excluding hydrogens is 302 g/mol. The molecule has 21 heavy (non-hydrogen) atoms. The zero-order chi connectivity index (χ0) is 16.0. The standard InChI is InChI=1S/C13H18F2N2O3S/c1-3-16-9(2)8-17-12(18)10-4-6-11(7-5-10)21(19,20)13(14)15/h4-7,9,13,16H,3,8H2,1-2H3,(H,17,18)/t9-/m1/s1. The van der Waals surface area contributed by atoms with E-state index in [9.17, 15) is 22.0 Å². The Labute approximate surface area is 122 Å².